The number of rotatable bonds is 0. The van der Waals surface area contributed by atoms with Gasteiger partial charge < -0.3 is 5.73 Å². The lowest BCUT2D eigenvalue weighted by Crippen LogP contribution is -1.82. The molecule has 1 heterocycles. The first kappa shape index (κ1) is 10.2. The lowest BCUT2D eigenvalue weighted by molar-refractivity contribution is 1.37. The molecule has 0 aliphatic rings. The van der Waals surface area contributed by atoms with Crippen molar-refractivity contribution >= 4 is 32.4 Å². The minimum absolute atomic E-state index is 0.527. The second-order valence-electron chi connectivity index (χ2n) is 2.79. The maximum absolute atomic E-state index is 5.56. The van der Waals surface area contributed by atoms with Crippen LogP contribution in [0.3, 0.4) is 0 Å². The second-order valence-corrected chi connectivity index (χ2v) is 5.14. The Labute approximate surface area is 100 Å². The van der Waals surface area contributed by atoms with E-state index in [1.807, 2.05) is 30.3 Å². The van der Waals surface area contributed by atoms with Crippen molar-refractivity contribution in [3.63, 3.8) is 0 Å². The van der Waals surface area contributed by atoms with Crippen molar-refractivity contribution in [3.05, 3.63) is 45.4 Å². The van der Waals surface area contributed by atoms with Crippen LogP contribution in [0.5, 0.6) is 0 Å². The van der Waals surface area contributed by atoms with Crippen LogP contribution in [0.25, 0.3) is 0 Å². The number of anilines is 1. The Bertz CT molecular complexity index is 523. The van der Waals surface area contributed by atoms with Crippen LogP contribution >= 0.6 is 27.3 Å². The van der Waals surface area contributed by atoms with E-state index in [-0.39, 0.29) is 0 Å². The van der Waals surface area contributed by atoms with Gasteiger partial charge in [-0.25, -0.2) is 4.98 Å². The second kappa shape index (κ2) is 4.47. The molecule has 4 heteroatoms. The Kier molecular flexibility index (Phi) is 3.05. The molecular formula is C11H7BrN2S. The Hall–Kier alpha value is -1.31. The summed E-state index contributed by atoms with van der Waals surface area (Å²) in [5.41, 5.74) is 7.22. The standard InChI is InChI=1S/C11H7BrN2S/c12-10-9(14-11(13)15-10)7-6-8-4-2-1-3-5-8/h1-5H,(H2,13,14). The number of thiazole rings is 1. The molecule has 0 amide bonds. The molecule has 2 nitrogen and oxygen atoms in total. The molecule has 0 unspecified atom stereocenters. The monoisotopic (exact) mass is 278 g/mol. The number of hydrogen-bond acceptors (Lipinski definition) is 3. The molecule has 0 fully saturated rings. The van der Waals surface area contributed by atoms with E-state index in [0.29, 0.717) is 10.8 Å². The summed E-state index contributed by atoms with van der Waals surface area (Å²) in [6.07, 6.45) is 0. The van der Waals surface area contributed by atoms with Crippen molar-refractivity contribution in [1.82, 2.24) is 4.98 Å². The van der Waals surface area contributed by atoms with E-state index < -0.39 is 0 Å². The van der Waals surface area contributed by atoms with Gasteiger partial charge in [-0.3, -0.25) is 0 Å². The SMILES string of the molecule is Nc1nc(C#Cc2ccccc2)c(Br)s1. The Morgan fingerprint density at radius 2 is 1.93 bits per heavy atom. The summed E-state index contributed by atoms with van der Waals surface area (Å²) in [5.74, 6) is 6.00. The van der Waals surface area contributed by atoms with Crippen LogP contribution in [0.15, 0.2) is 34.1 Å². The summed E-state index contributed by atoms with van der Waals surface area (Å²) < 4.78 is 0.878. The fourth-order valence-electron chi connectivity index (χ4n) is 1.05. The highest BCUT2D eigenvalue weighted by Gasteiger charge is 2.02. The van der Waals surface area contributed by atoms with E-state index >= 15 is 0 Å². The van der Waals surface area contributed by atoms with Crippen LogP contribution in [-0.2, 0) is 0 Å². The van der Waals surface area contributed by atoms with E-state index in [1.54, 1.807) is 0 Å². The van der Waals surface area contributed by atoms with E-state index in [0.717, 1.165) is 9.35 Å². The molecule has 1 aromatic heterocycles. The number of hydrogen-bond donors (Lipinski definition) is 1. The maximum atomic E-state index is 5.56. The molecule has 74 valence electrons. The van der Waals surface area contributed by atoms with E-state index in [1.165, 1.54) is 11.3 Å². The fraction of sp³-hybridized carbons (Fsp3) is 0. The zero-order valence-electron chi connectivity index (χ0n) is 7.70. The molecule has 0 spiro atoms. The number of nitrogens with two attached hydrogens (primary N) is 1. The number of benzene rings is 1. The lowest BCUT2D eigenvalue weighted by Gasteiger charge is -1.85. The molecule has 2 N–H and O–H groups in total. The summed E-state index contributed by atoms with van der Waals surface area (Å²) in [6.45, 7) is 0. The third kappa shape index (κ3) is 2.58. The summed E-state index contributed by atoms with van der Waals surface area (Å²) >= 11 is 4.75. The van der Waals surface area contributed by atoms with Gasteiger partial charge in [-0.1, -0.05) is 35.5 Å². The maximum Gasteiger partial charge on any atom is 0.182 e. The zero-order chi connectivity index (χ0) is 10.7. The molecule has 0 aliphatic heterocycles. The predicted molar refractivity (Wildman–Crippen MR) is 66.6 cm³/mol. The van der Waals surface area contributed by atoms with Crippen molar-refractivity contribution in [1.29, 1.82) is 0 Å². The molecule has 0 aliphatic carbocycles. The van der Waals surface area contributed by atoms with E-state index in [2.05, 4.69) is 32.8 Å². The first-order valence-corrected chi connectivity index (χ1v) is 5.85. The molecule has 0 saturated heterocycles. The molecule has 0 atom stereocenters. The highest BCUT2D eigenvalue weighted by Crippen LogP contribution is 2.25. The van der Waals surface area contributed by atoms with Gasteiger partial charge in [-0.15, -0.1) is 0 Å². The molecule has 0 radical (unpaired) electrons. The molecule has 2 aromatic rings. The normalized spacial score (nSPS) is 9.40. The number of aromatic nitrogens is 1. The zero-order valence-corrected chi connectivity index (χ0v) is 10.1. The van der Waals surface area contributed by atoms with Crippen LogP contribution in [-0.4, -0.2) is 4.98 Å². The topological polar surface area (TPSA) is 38.9 Å². The summed E-state index contributed by atoms with van der Waals surface area (Å²) in [5, 5.41) is 0.527. The molecule has 15 heavy (non-hydrogen) atoms. The smallest absolute Gasteiger partial charge is 0.182 e. The minimum atomic E-state index is 0.527. The average molecular weight is 279 g/mol. The number of halogens is 1. The van der Waals surface area contributed by atoms with Crippen LogP contribution in [0, 0.1) is 11.8 Å². The Morgan fingerprint density at radius 1 is 1.20 bits per heavy atom. The van der Waals surface area contributed by atoms with Crippen molar-refractivity contribution in [2.45, 2.75) is 0 Å². The van der Waals surface area contributed by atoms with Gasteiger partial charge in [0.1, 0.15) is 9.48 Å². The molecular weight excluding hydrogens is 272 g/mol. The predicted octanol–water partition coefficient (Wildman–Crippen LogP) is 2.89. The van der Waals surface area contributed by atoms with E-state index in [4.69, 9.17) is 5.73 Å². The highest BCUT2D eigenvalue weighted by atomic mass is 79.9. The van der Waals surface area contributed by atoms with Gasteiger partial charge in [0, 0.05) is 5.56 Å². The first-order chi connectivity index (χ1) is 7.25. The largest absolute Gasteiger partial charge is 0.375 e. The Morgan fingerprint density at radius 3 is 2.53 bits per heavy atom. The minimum Gasteiger partial charge on any atom is -0.375 e. The van der Waals surface area contributed by atoms with Gasteiger partial charge in [-0.05, 0) is 34.0 Å². The van der Waals surface area contributed by atoms with Gasteiger partial charge in [-0.2, -0.15) is 0 Å². The van der Waals surface area contributed by atoms with Gasteiger partial charge in [0.15, 0.2) is 5.13 Å². The van der Waals surface area contributed by atoms with Gasteiger partial charge in [0.05, 0.1) is 0 Å². The summed E-state index contributed by atoms with van der Waals surface area (Å²) in [6, 6.07) is 9.78. The van der Waals surface area contributed by atoms with Crippen molar-refractivity contribution in [2.24, 2.45) is 0 Å². The third-order valence-corrected chi connectivity index (χ3v) is 3.24. The van der Waals surface area contributed by atoms with Crippen LogP contribution in [0.4, 0.5) is 5.13 Å². The van der Waals surface area contributed by atoms with Gasteiger partial charge in [0.25, 0.3) is 0 Å². The molecule has 2 rings (SSSR count). The average Bonchev–Trinajstić information content (AvgIpc) is 2.56. The Balaban J connectivity index is 2.30. The molecule has 0 saturated carbocycles. The quantitative estimate of drug-likeness (QED) is 0.753. The van der Waals surface area contributed by atoms with E-state index in [9.17, 15) is 0 Å². The molecule has 0 bridgehead atoms. The van der Waals surface area contributed by atoms with Crippen LogP contribution in [0.1, 0.15) is 11.3 Å². The van der Waals surface area contributed by atoms with Gasteiger partial charge >= 0.3 is 0 Å². The summed E-state index contributed by atoms with van der Waals surface area (Å²) in [4.78, 5) is 4.10. The summed E-state index contributed by atoms with van der Waals surface area (Å²) in [7, 11) is 0. The lowest BCUT2D eigenvalue weighted by atomic mass is 10.2. The van der Waals surface area contributed by atoms with Crippen LogP contribution < -0.4 is 5.73 Å². The van der Waals surface area contributed by atoms with Crippen molar-refractivity contribution in [3.8, 4) is 11.8 Å². The number of nitrogens with zero attached hydrogens (tertiary/aromatic N) is 1. The van der Waals surface area contributed by atoms with Gasteiger partial charge in [0.2, 0.25) is 0 Å². The van der Waals surface area contributed by atoms with Crippen molar-refractivity contribution < 1.29 is 0 Å². The van der Waals surface area contributed by atoms with Crippen LogP contribution in [0.2, 0.25) is 0 Å². The third-order valence-electron chi connectivity index (χ3n) is 1.70. The number of nitrogen functional groups attached to an aromatic ring is 1. The molecule has 1 aromatic carbocycles. The highest BCUT2D eigenvalue weighted by molar-refractivity contribution is 9.11. The first-order valence-electron chi connectivity index (χ1n) is 4.24. The fourth-order valence-corrected chi connectivity index (χ4v) is 2.25. The van der Waals surface area contributed by atoms with Crippen molar-refractivity contribution in [2.75, 3.05) is 5.73 Å².